The van der Waals surface area contributed by atoms with Crippen LogP contribution in [0.4, 0.5) is 13.2 Å². The highest BCUT2D eigenvalue weighted by Crippen LogP contribution is 2.50. The predicted octanol–water partition coefficient (Wildman–Crippen LogP) is 3.27. The second-order valence-corrected chi connectivity index (χ2v) is 3.67. The van der Waals surface area contributed by atoms with Crippen LogP contribution in [0.25, 0.3) is 0 Å². The van der Waals surface area contributed by atoms with Crippen molar-refractivity contribution in [1.82, 2.24) is 0 Å². The van der Waals surface area contributed by atoms with Gasteiger partial charge in [0.2, 0.25) is 0 Å². The van der Waals surface area contributed by atoms with Crippen molar-refractivity contribution in [3.05, 3.63) is 41.5 Å². The summed E-state index contributed by atoms with van der Waals surface area (Å²) in [4.78, 5) is 0. The molecule has 2 heterocycles. The molecule has 2 aliphatic heterocycles. The van der Waals surface area contributed by atoms with Crippen LogP contribution < -0.4 is 4.74 Å². The Labute approximate surface area is 89.3 Å². The summed E-state index contributed by atoms with van der Waals surface area (Å²) in [6, 6.07) is 4.61. The lowest BCUT2D eigenvalue weighted by molar-refractivity contribution is -0.275. The monoisotopic (exact) mass is 228 g/mol. The van der Waals surface area contributed by atoms with Gasteiger partial charge in [0.25, 0.3) is 0 Å². The Bertz CT molecular complexity index is 465. The van der Waals surface area contributed by atoms with E-state index in [2.05, 4.69) is 4.74 Å². The van der Waals surface area contributed by atoms with Gasteiger partial charge in [-0.2, -0.15) is 0 Å². The molecule has 2 nitrogen and oxygen atoms in total. The summed E-state index contributed by atoms with van der Waals surface area (Å²) in [5, 5.41) is 0. The van der Waals surface area contributed by atoms with E-state index < -0.39 is 12.5 Å². The number of hydrogen-bond donors (Lipinski definition) is 0. The molecule has 3 rings (SSSR count). The third-order valence-electron chi connectivity index (χ3n) is 2.67. The van der Waals surface area contributed by atoms with Crippen LogP contribution in [0.5, 0.6) is 5.75 Å². The van der Waals surface area contributed by atoms with Gasteiger partial charge in [-0.3, -0.25) is 0 Å². The van der Waals surface area contributed by atoms with Crippen molar-refractivity contribution in [1.29, 1.82) is 0 Å². The van der Waals surface area contributed by atoms with Crippen molar-refractivity contribution >= 4 is 0 Å². The Hall–Kier alpha value is -1.49. The maximum absolute atomic E-state index is 12.2. The number of benzene rings is 1. The molecule has 0 amide bonds. The molecule has 1 aromatic rings. The lowest BCUT2D eigenvalue weighted by Gasteiger charge is -2.15. The molecule has 0 unspecified atom stereocenters. The number of ether oxygens (including phenoxy) is 2. The maximum atomic E-state index is 12.2. The van der Waals surface area contributed by atoms with E-state index >= 15 is 0 Å². The molecule has 0 radical (unpaired) electrons. The van der Waals surface area contributed by atoms with Crippen LogP contribution in [0.2, 0.25) is 0 Å². The highest BCUT2D eigenvalue weighted by Gasteiger charge is 2.39. The van der Waals surface area contributed by atoms with Crippen LogP contribution >= 0.6 is 0 Å². The topological polar surface area (TPSA) is 18.5 Å². The number of fused-ring (bicyclic) bond motifs is 5. The summed E-state index contributed by atoms with van der Waals surface area (Å²) in [6.07, 6.45) is -1.71. The first-order valence-electron chi connectivity index (χ1n) is 4.77. The van der Waals surface area contributed by atoms with Crippen LogP contribution in [0.1, 0.15) is 23.3 Å². The molecule has 0 N–H and O–H groups in total. The second kappa shape index (κ2) is 3.01. The first-order chi connectivity index (χ1) is 7.54. The molecular weight excluding hydrogens is 221 g/mol. The van der Waals surface area contributed by atoms with Crippen LogP contribution in [-0.2, 0) is 4.74 Å². The Kier molecular flexibility index (Phi) is 1.83. The normalized spacial score (nSPS) is 25.9. The van der Waals surface area contributed by atoms with Crippen LogP contribution in [0.3, 0.4) is 0 Å². The molecule has 0 fully saturated rings. The quantitative estimate of drug-likeness (QED) is 0.687. The van der Waals surface area contributed by atoms with Crippen molar-refractivity contribution in [2.75, 3.05) is 0 Å². The van der Waals surface area contributed by atoms with Gasteiger partial charge in [-0.15, -0.1) is 13.2 Å². The van der Waals surface area contributed by atoms with Crippen LogP contribution in [-0.4, -0.2) is 6.36 Å². The number of halogens is 3. The minimum atomic E-state index is -4.67. The number of rotatable bonds is 1. The summed E-state index contributed by atoms with van der Waals surface area (Å²) in [5.74, 6) is -0.165. The Morgan fingerprint density at radius 3 is 2.62 bits per heavy atom. The minimum Gasteiger partial charge on any atom is -0.405 e. The van der Waals surface area contributed by atoms with Crippen molar-refractivity contribution in [3.63, 3.8) is 0 Å². The highest BCUT2D eigenvalue weighted by molar-refractivity contribution is 5.51. The average Bonchev–Trinajstić information content (AvgIpc) is 2.75. The average molecular weight is 228 g/mol. The standard InChI is InChI=1S/C11H7F3O2/c12-11(13,14)16-9-3-1-2-6-7-4-5-8(15-7)10(6)9/h1-5,7-8H/t7-,8-/m1/s1. The van der Waals surface area contributed by atoms with Crippen molar-refractivity contribution in [2.45, 2.75) is 18.6 Å². The van der Waals surface area contributed by atoms with Gasteiger partial charge in [0.1, 0.15) is 18.0 Å². The molecule has 5 heteroatoms. The zero-order valence-corrected chi connectivity index (χ0v) is 7.99. The van der Waals surface area contributed by atoms with E-state index in [4.69, 9.17) is 4.74 Å². The first-order valence-corrected chi connectivity index (χ1v) is 4.77. The predicted molar refractivity (Wildman–Crippen MR) is 48.8 cm³/mol. The molecule has 2 bridgehead atoms. The van der Waals surface area contributed by atoms with E-state index in [9.17, 15) is 13.2 Å². The Morgan fingerprint density at radius 2 is 1.88 bits per heavy atom. The van der Waals surface area contributed by atoms with Gasteiger partial charge in [-0.25, -0.2) is 0 Å². The van der Waals surface area contributed by atoms with Crippen molar-refractivity contribution < 1.29 is 22.6 Å². The van der Waals surface area contributed by atoms with E-state index in [0.29, 0.717) is 5.56 Å². The van der Waals surface area contributed by atoms with E-state index in [0.717, 1.165) is 5.56 Å². The van der Waals surface area contributed by atoms with E-state index in [1.807, 2.05) is 6.08 Å². The Morgan fingerprint density at radius 1 is 1.12 bits per heavy atom. The molecule has 1 aromatic carbocycles. The highest BCUT2D eigenvalue weighted by atomic mass is 19.4. The van der Waals surface area contributed by atoms with Crippen molar-refractivity contribution in [3.8, 4) is 5.75 Å². The minimum absolute atomic E-state index is 0.165. The molecule has 0 aromatic heterocycles. The summed E-state index contributed by atoms with van der Waals surface area (Å²) >= 11 is 0. The molecule has 16 heavy (non-hydrogen) atoms. The fourth-order valence-electron chi connectivity index (χ4n) is 2.12. The van der Waals surface area contributed by atoms with E-state index in [-0.39, 0.29) is 11.9 Å². The molecule has 0 aliphatic carbocycles. The lowest BCUT2D eigenvalue weighted by atomic mass is 9.96. The molecule has 0 spiro atoms. The van der Waals surface area contributed by atoms with Gasteiger partial charge >= 0.3 is 6.36 Å². The number of hydrogen-bond acceptors (Lipinski definition) is 2. The third kappa shape index (κ3) is 1.39. The fourth-order valence-corrected chi connectivity index (χ4v) is 2.12. The van der Waals surface area contributed by atoms with E-state index in [1.165, 1.54) is 12.1 Å². The number of alkyl halides is 3. The zero-order chi connectivity index (χ0) is 11.3. The maximum Gasteiger partial charge on any atom is 0.573 e. The van der Waals surface area contributed by atoms with Gasteiger partial charge in [0.15, 0.2) is 0 Å². The van der Waals surface area contributed by atoms with Gasteiger partial charge < -0.3 is 9.47 Å². The van der Waals surface area contributed by atoms with Crippen LogP contribution in [0, 0.1) is 0 Å². The van der Waals surface area contributed by atoms with Gasteiger partial charge in [0.05, 0.1) is 0 Å². The molecular formula is C11H7F3O2. The molecule has 0 saturated heterocycles. The van der Waals surface area contributed by atoms with Crippen LogP contribution in [0.15, 0.2) is 30.4 Å². The summed E-state index contributed by atoms with van der Waals surface area (Å²) in [6.45, 7) is 0. The van der Waals surface area contributed by atoms with E-state index in [1.54, 1.807) is 12.1 Å². The summed E-state index contributed by atoms with van der Waals surface area (Å²) in [5.41, 5.74) is 1.25. The summed E-state index contributed by atoms with van der Waals surface area (Å²) in [7, 11) is 0. The third-order valence-corrected chi connectivity index (χ3v) is 2.67. The lowest BCUT2D eigenvalue weighted by Crippen LogP contribution is -2.18. The zero-order valence-electron chi connectivity index (χ0n) is 7.99. The second-order valence-electron chi connectivity index (χ2n) is 3.67. The SMILES string of the molecule is FC(F)(F)Oc1cccc2c1[C@H]1C=C[C@H]2O1. The van der Waals surface area contributed by atoms with Gasteiger partial charge in [0, 0.05) is 5.56 Å². The smallest absolute Gasteiger partial charge is 0.405 e. The van der Waals surface area contributed by atoms with Gasteiger partial charge in [-0.1, -0.05) is 24.3 Å². The van der Waals surface area contributed by atoms with Crippen molar-refractivity contribution in [2.24, 2.45) is 0 Å². The summed E-state index contributed by atoms with van der Waals surface area (Å²) < 4.78 is 45.9. The first kappa shape index (κ1) is 9.72. The molecule has 2 atom stereocenters. The molecule has 2 aliphatic rings. The molecule has 0 saturated carbocycles. The Balaban J connectivity index is 2.04. The molecule has 84 valence electrons. The largest absolute Gasteiger partial charge is 0.573 e. The fraction of sp³-hybridized carbons (Fsp3) is 0.273. The van der Waals surface area contributed by atoms with Gasteiger partial charge in [-0.05, 0) is 11.6 Å².